The zero-order valence-corrected chi connectivity index (χ0v) is 13.0. The van der Waals surface area contributed by atoms with Gasteiger partial charge in [-0.05, 0) is 37.8 Å². The van der Waals surface area contributed by atoms with E-state index in [2.05, 4.69) is 4.72 Å². The summed E-state index contributed by atoms with van der Waals surface area (Å²) in [5.74, 6) is -0.752. The first-order valence-electron chi connectivity index (χ1n) is 6.60. The molecule has 0 spiro atoms. The lowest BCUT2D eigenvalue weighted by Crippen LogP contribution is -2.33. The largest absolute Gasteiger partial charge is 0.324 e. The summed E-state index contributed by atoms with van der Waals surface area (Å²) < 4.78 is 40.2. The number of sulfonamides is 1. The van der Waals surface area contributed by atoms with Crippen molar-refractivity contribution < 1.29 is 17.7 Å². The minimum atomic E-state index is -4.14. The van der Waals surface area contributed by atoms with Crippen LogP contribution in [0.25, 0.3) is 0 Å². The molecule has 0 amide bonds. The van der Waals surface area contributed by atoms with E-state index in [0.29, 0.717) is 12.3 Å². The molecule has 0 saturated carbocycles. The van der Waals surface area contributed by atoms with Crippen LogP contribution in [0, 0.1) is 21.8 Å². The smallest absolute Gasteiger partial charge is 0.258 e. The van der Waals surface area contributed by atoms with Gasteiger partial charge in [0.15, 0.2) is 4.90 Å². The lowest BCUT2D eigenvalue weighted by Gasteiger charge is -2.15. The zero-order chi connectivity index (χ0) is 16.2. The first-order valence-corrected chi connectivity index (χ1v) is 8.08. The van der Waals surface area contributed by atoms with E-state index < -0.39 is 31.3 Å². The molecule has 8 heteroatoms. The molecule has 1 aromatic rings. The molecular weight excluding hydrogens is 299 g/mol. The van der Waals surface area contributed by atoms with Crippen molar-refractivity contribution in [3.05, 3.63) is 34.1 Å². The van der Waals surface area contributed by atoms with Crippen molar-refractivity contribution in [1.29, 1.82) is 0 Å². The molecule has 1 aromatic carbocycles. The van der Waals surface area contributed by atoms with Gasteiger partial charge in [-0.2, -0.15) is 4.39 Å². The molecule has 0 radical (unpaired) electrons. The van der Waals surface area contributed by atoms with E-state index in [-0.39, 0.29) is 6.04 Å². The van der Waals surface area contributed by atoms with Gasteiger partial charge in [-0.25, -0.2) is 13.1 Å². The van der Waals surface area contributed by atoms with Gasteiger partial charge in [0.25, 0.3) is 0 Å². The van der Waals surface area contributed by atoms with Gasteiger partial charge in [-0.15, -0.1) is 0 Å². The van der Waals surface area contributed by atoms with E-state index >= 15 is 0 Å². The molecule has 1 N–H and O–H groups in total. The van der Waals surface area contributed by atoms with E-state index in [4.69, 9.17) is 0 Å². The predicted molar refractivity (Wildman–Crippen MR) is 76.9 cm³/mol. The number of para-hydroxylation sites is 1. The molecule has 0 fully saturated rings. The molecule has 0 aliphatic carbocycles. The van der Waals surface area contributed by atoms with Gasteiger partial charge in [0.05, 0.1) is 4.92 Å². The van der Waals surface area contributed by atoms with Crippen molar-refractivity contribution in [1.82, 2.24) is 4.72 Å². The normalized spacial score (nSPS) is 13.4. The Morgan fingerprint density at radius 3 is 2.43 bits per heavy atom. The molecular formula is C13H19FN2O4S. The summed E-state index contributed by atoms with van der Waals surface area (Å²) in [4.78, 5) is 9.19. The maximum absolute atomic E-state index is 13.5. The Kier molecular flexibility index (Phi) is 5.79. The van der Waals surface area contributed by atoms with E-state index in [1.165, 1.54) is 0 Å². The topological polar surface area (TPSA) is 89.3 Å². The highest BCUT2D eigenvalue weighted by Gasteiger charge is 2.30. The summed E-state index contributed by atoms with van der Waals surface area (Å²) >= 11 is 0. The van der Waals surface area contributed by atoms with Crippen LogP contribution in [0.3, 0.4) is 0 Å². The second kappa shape index (κ2) is 6.95. The Hall–Kier alpha value is -1.54. The molecule has 0 aromatic heterocycles. The lowest BCUT2D eigenvalue weighted by molar-refractivity contribution is -0.390. The number of benzene rings is 1. The van der Waals surface area contributed by atoms with E-state index in [1.54, 1.807) is 6.92 Å². The molecule has 6 nitrogen and oxygen atoms in total. The number of nitrogens with one attached hydrogen (secondary N) is 1. The van der Waals surface area contributed by atoms with Crippen LogP contribution in [-0.2, 0) is 10.0 Å². The third-order valence-corrected chi connectivity index (χ3v) is 4.58. The van der Waals surface area contributed by atoms with Crippen LogP contribution in [0.5, 0.6) is 0 Å². The number of nitro groups is 1. The second-order valence-electron chi connectivity index (χ2n) is 5.34. The average molecular weight is 318 g/mol. The Labute approximate surface area is 123 Å². The number of hydrogen-bond donors (Lipinski definition) is 1. The molecule has 0 heterocycles. The summed E-state index contributed by atoms with van der Waals surface area (Å²) in [5, 5.41) is 10.9. The molecule has 1 atom stereocenters. The van der Waals surface area contributed by atoms with E-state index in [1.807, 2.05) is 13.8 Å². The van der Waals surface area contributed by atoms with Crippen molar-refractivity contribution in [2.75, 3.05) is 0 Å². The van der Waals surface area contributed by atoms with Gasteiger partial charge in [-0.1, -0.05) is 19.9 Å². The van der Waals surface area contributed by atoms with Gasteiger partial charge in [-0.3, -0.25) is 10.1 Å². The zero-order valence-electron chi connectivity index (χ0n) is 12.2. The van der Waals surface area contributed by atoms with Crippen molar-refractivity contribution in [2.45, 2.75) is 44.6 Å². The molecule has 0 aliphatic rings. The number of halogens is 1. The van der Waals surface area contributed by atoms with Crippen molar-refractivity contribution in [3.8, 4) is 0 Å². The van der Waals surface area contributed by atoms with Crippen molar-refractivity contribution in [3.63, 3.8) is 0 Å². The quantitative estimate of drug-likeness (QED) is 0.618. The standard InChI is InChI=1S/C13H19FN2O4S/c1-9(2)7-8-10(3)15-21(19,20)12-6-4-5-11(14)13(12)16(17)18/h4-6,9-10,15H,7-8H2,1-3H3. The number of hydrogen-bond acceptors (Lipinski definition) is 4. The highest BCUT2D eigenvalue weighted by atomic mass is 32.2. The average Bonchev–Trinajstić information content (AvgIpc) is 2.35. The van der Waals surface area contributed by atoms with Gasteiger partial charge in [0, 0.05) is 6.04 Å². The van der Waals surface area contributed by atoms with Gasteiger partial charge in [0.2, 0.25) is 15.8 Å². The molecule has 1 rings (SSSR count). The van der Waals surface area contributed by atoms with Crippen LogP contribution < -0.4 is 4.72 Å². The first-order chi connectivity index (χ1) is 9.65. The minimum Gasteiger partial charge on any atom is -0.258 e. The molecule has 118 valence electrons. The van der Waals surface area contributed by atoms with Crippen LogP contribution in [0.4, 0.5) is 10.1 Å². The lowest BCUT2D eigenvalue weighted by atomic mass is 10.1. The highest BCUT2D eigenvalue weighted by molar-refractivity contribution is 7.89. The number of nitrogens with zero attached hydrogens (tertiary/aromatic N) is 1. The molecule has 0 bridgehead atoms. The summed E-state index contributed by atoms with van der Waals surface area (Å²) in [7, 11) is -4.14. The molecule has 0 aliphatic heterocycles. The highest BCUT2D eigenvalue weighted by Crippen LogP contribution is 2.26. The second-order valence-corrected chi connectivity index (χ2v) is 7.02. The SMILES string of the molecule is CC(C)CCC(C)NS(=O)(=O)c1cccc(F)c1[N+](=O)[O-]. The summed E-state index contributed by atoms with van der Waals surface area (Å²) in [6.45, 7) is 5.70. The Bertz CT molecular complexity index is 617. The third kappa shape index (κ3) is 4.75. The Morgan fingerprint density at radius 1 is 1.29 bits per heavy atom. The predicted octanol–water partition coefficient (Wildman–Crippen LogP) is 2.84. The van der Waals surface area contributed by atoms with E-state index in [0.717, 1.165) is 24.6 Å². The van der Waals surface area contributed by atoms with Gasteiger partial charge < -0.3 is 0 Å². The first kappa shape index (κ1) is 17.5. The Morgan fingerprint density at radius 2 is 1.90 bits per heavy atom. The minimum absolute atomic E-state index is 0.389. The van der Waals surface area contributed by atoms with Crippen LogP contribution in [0.2, 0.25) is 0 Å². The third-order valence-electron chi connectivity index (χ3n) is 2.96. The monoisotopic (exact) mass is 318 g/mol. The fourth-order valence-corrected chi connectivity index (χ4v) is 3.32. The molecule has 0 saturated heterocycles. The molecule has 1 unspecified atom stereocenters. The number of nitro benzene ring substituents is 1. The van der Waals surface area contributed by atoms with Gasteiger partial charge >= 0.3 is 5.69 Å². The molecule has 21 heavy (non-hydrogen) atoms. The summed E-state index contributed by atoms with van der Waals surface area (Å²) in [5.41, 5.74) is -1.03. The van der Waals surface area contributed by atoms with Crippen molar-refractivity contribution >= 4 is 15.7 Å². The van der Waals surface area contributed by atoms with Crippen LogP contribution in [0.1, 0.15) is 33.6 Å². The summed E-state index contributed by atoms with van der Waals surface area (Å²) in [6.07, 6.45) is 1.41. The van der Waals surface area contributed by atoms with Crippen LogP contribution in [0.15, 0.2) is 23.1 Å². The fourth-order valence-electron chi connectivity index (χ4n) is 1.86. The number of rotatable bonds is 7. The summed E-state index contributed by atoms with van der Waals surface area (Å²) in [6, 6.07) is 2.63. The Balaban J connectivity index is 3.04. The van der Waals surface area contributed by atoms with Crippen LogP contribution >= 0.6 is 0 Å². The maximum atomic E-state index is 13.5. The van der Waals surface area contributed by atoms with Gasteiger partial charge in [0.1, 0.15) is 0 Å². The van der Waals surface area contributed by atoms with E-state index in [9.17, 15) is 22.9 Å². The van der Waals surface area contributed by atoms with Crippen molar-refractivity contribution in [2.24, 2.45) is 5.92 Å². The maximum Gasteiger partial charge on any atom is 0.324 e. The fraction of sp³-hybridized carbons (Fsp3) is 0.538. The van der Waals surface area contributed by atoms with Crippen LogP contribution in [-0.4, -0.2) is 19.4 Å².